The monoisotopic (exact) mass is 344 g/mol. The molecule has 0 aliphatic carbocycles. The van der Waals surface area contributed by atoms with Crippen molar-refractivity contribution >= 4 is 23.2 Å². The number of rotatable bonds is 5. The highest BCUT2D eigenvalue weighted by atomic mass is 32.1. The number of para-hydroxylation sites is 1. The number of nitrogens with one attached hydrogen (secondary N) is 1. The molecule has 1 N–H and O–H groups in total. The summed E-state index contributed by atoms with van der Waals surface area (Å²) in [7, 11) is 0. The van der Waals surface area contributed by atoms with Crippen LogP contribution in [0.3, 0.4) is 0 Å². The predicted molar refractivity (Wildman–Crippen MR) is 93.3 cm³/mol. The van der Waals surface area contributed by atoms with Gasteiger partial charge in [0.1, 0.15) is 5.75 Å². The first kappa shape index (κ1) is 16.5. The normalized spacial score (nSPS) is 15.1. The molecule has 3 rings (SSSR count). The zero-order chi connectivity index (χ0) is 16.8. The van der Waals surface area contributed by atoms with E-state index < -0.39 is 0 Å². The van der Waals surface area contributed by atoms with Crippen molar-refractivity contribution < 1.29 is 14.3 Å². The largest absolute Gasteiger partial charge is 0.484 e. The van der Waals surface area contributed by atoms with E-state index in [1.165, 1.54) is 11.3 Å². The lowest BCUT2D eigenvalue weighted by molar-refractivity contribution is -0.134. The molecule has 5 nitrogen and oxygen atoms in total. The smallest absolute Gasteiger partial charge is 0.261 e. The van der Waals surface area contributed by atoms with Crippen LogP contribution in [-0.4, -0.2) is 42.5 Å². The van der Waals surface area contributed by atoms with Crippen molar-refractivity contribution in [3.63, 3.8) is 0 Å². The molecule has 1 aromatic carbocycles. The van der Waals surface area contributed by atoms with Crippen LogP contribution in [0.1, 0.15) is 22.5 Å². The van der Waals surface area contributed by atoms with Gasteiger partial charge in [-0.05, 0) is 36.4 Å². The highest BCUT2D eigenvalue weighted by Crippen LogP contribution is 2.14. The average molecular weight is 344 g/mol. The summed E-state index contributed by atoms with van der Waals surface area (Å²) in [6, 6.07) is 13.1. The van der Waals surface area contributed by atoms with E-state index in [1.54, 1.807) is 4.90 Å². The Labute approximate surface area is 145 Å². The van der Waals surface area contributed by atoms with Gasteiger partial charge in [-0.2, -0.15) is 0 Å². The Morgan fingerprint density at radius 2 is 1.88 bits per heavy atom. The molecule has 126 valence electrons. The topological polar surface area (TPSA) is 58.6 Å². The van der Waals surface area contributed by atoms with E-state index in [-0.39, 0.29) is 24.5 Å². The number of hydrogen-bond acceptors (Lipinski definition) is 4. The minimum atomic E-state index is -0.0258. The highest BCUT2D eigenvalue weighted by molar-refractivity contribution is 7.12. The van der Waals surface area contributed by atoms with Crippen LogP contribution in [-0.2, 0) is 4.79 Å². The molecular weight excluding hydrogens is 324 g/mol. The van der Waals surface area contributed by atoms with Crippen LogP contribution in [0.5, 0.6) is 5.75 Å². The number of nitrogens with zero attached hydrogens (tertiary/aromatic N) is 1. The number of ether oxygens (including phenoxy) is 1. The first-order chi connectivity index (χ1) is 11.7. The molecule has 1 saturated heterocycles. The Kier molecular flexibility index (Phi) is 5.48. The van der Waals surface area contributed by atoms with Gasteiger partial charge in [-0.3, -0.25) is 9.59 Å². The van der Waals surface area contributed by atoms with Gasteiger partial charge in [0.25, 0.3) is 11.8 Å². The zero-order valence-corrected chi connectivity index (χ0v) is 14.1. The van der Waals surface area contributed by atoms with Crippen LogP contribution in [0.4, 0.5) is 0 Å². The van der Waals surface area contributed by atoms with E-state index in [9.17, 15) is 9.59 Å². The Balaban J connectivity index is 1.41. The van der Waals surface area contributed by atoms with Crippen molar-refractivity contribution in [3.8, 4) is 5.75 Å². The number of piperidine rings is 1. The van der Waals surface area contributed by atoms with Gasteiger partial charge in [-0.15, -0.1) is 11.3 Å². The summed E-state index contributed by atoms with van der Waals surface area (Å²) >= 11 is 1.44. The Morgan fingerprint density at radius 3 is 2.54 bits per heavy atom. The van der Waals surface area contributed by atoms with Crippen LogP contribution < -0.4 is 10.1 Å². The molecule has 0 radical (unpaired) electrons. The number of amides is 2. The van der Waals surface area contributed by atoms with Gasteiger partial charge >= 0.3 is 0 Å². The molecule has 0 atom stereocenters. The maximum atomic E-state index is 12.2. The molecule has 2 aromatic rings. The molecule has 6 heteroatoms. The van der Waals surface area contributed by atoms with Gasteiger partial charge in [0, 0.05) is 19.1 Å². The van der Waals surface area contributed by atoms with Crippen LogP contribution in [0.15, 0.2) is 47.8 Å². The van der Waals surface area contributed by atoms with E-state index in [0.717, 1.165) is 17.7 Å². The summed E-state index contributed by atoms with van der Waals surface area (Å²) in [6.07, 6.45) is 1.54. The first-order valence-electron chi connectivity index (χ1n) is 8.02. The number of thiophene rings is 1. The van der Waals surface area contributed by atoms with Crippen LogP contribution >= 0.6 is 11.3 Å². The van der Waals surface area contributed by atoms with Gasteiger partial charge in [0.15, 0.2) is 6.61 Å². The number of likely N-dealkylation sites (tertiary alicyclic amines) is 1. The Bertz CT molecular complexity index is 665. The molecule has 0 bridgehead atoms. The van der Waals surface area contributed by atoms with Gasteiger partial charge in [0.05, 0.1) is 4.88 Å². The quantitative estimate of drug-likeness (QED) is 0.907. The summed E-state index contributed by atoms with van der Waals surface area (Å²) in [5.74, 6) is 0.660. The van der Waals surface area contributed by atoms with E-state index in [2.05, 4.69) is 5.32 Å². The maximum absolute atomic E-state index is 12.2. The third kappa shape index (κ3) is 4.35. The lowest BCUT2D eigenvalue weighted by Crippen LogP contribution is -2.47. The molecule has 24 heavy (non-hydrogen) atoms. The molecule has 2 amide bonds. The summed E-state index contributed by atoms with van der Waals surface area (Å²) in [5.41, 5.74) is 0. The molecular formula is C18H20N2O3S. The third-order valence-corrected chi connectivity index (χ3v) is 4.90. The van der Waals surface area contributed by atoms with Gasteiger partial charge in [-0.25, -0.2) is 0 Å². The van der Waals surface area contributed by atoms with Crippen molar-refractivity contribution in [2.75, 3.05) is 19.7 Å². The number of hydrogen-bond donors (Lipinski definition) is 1. The summed E-state index contributed by atoms with van der Waals surface area (Å²) in [5, 5.41) is 4.93. The SMILES string of the molecule is O=C(NC1CCN(C(=O)COc2ccccc2)CC1)c1cccs1. The number of carbonyl (C=O) groups is 2. The van der Waals surface area contributed by atoms with E-state index in [1.807, 2.05) is 47.8 Å². The second-order valence-electron chi connectivity index (χ2n) is 5.71. The second kappa shape index (κ2) is 7.97. The molecule has 1 aliphatic rings. The molecule has 0 unspecified atom stereocenters. The lowest BCUT2D eigenvalue weighted by atomic mass is 10.0. The minimum absolute atomic E-state index is 0.0121. The average Bonchev–Trinajstić information content (AvgIpc) is 3.16. The molecule has 0 spiro atoms. The van der Waals surface area contributed by atoms with Crippen molar-refractivity contribution in [2.24, 2.45) is 0 Å². The molecule has 1 aromatic heterocycles. The number of benzene rings is 1. The van der Waals surface area contributed by atoms with E-state index in [4.69, 9.17) is 4.74 Å². The number of carbonyl (C=O) groups excluding carboxylic acids is 2. The van der Waals surface area contributed by atoms with Crippen molar-refractivity contribution in [1.29, 1.82) is 0 Å². The van der Waals surface area contributed by atoms with Crippen LogP contribution in [0, 0.1) is 0 Å². The van der Waals surface area contributed by atoms with Crippen molar-refractivity contribution in [3.05, 3.63) is 52.7 Å². The van der Waals surface area contributed by atoms with Crippen molar-refractivity contribution in [1.82, 2.24) is 10.2 Å². The zero-order valence-electron chi connectivity index (χ0n) is 13.3. The maximum Gasteiger partial charge on any atom is 0.261 e. The van der Waals surface area contributed by atoms with Crippen LogP contribution in [0.2, 0.25) is 0 Å². The molecule has 2 heterocycles. The summed E-state index contributed by atoms with van der Waals surface area (Å²) < 4.78 is 5.50. The fraction of sp³-hybridized carbons (Fsp3) is 0.333. The second-order valence-corrected chi connectivity index (χ2v) is 6.66. The minimum Gasteiger partial charge on any atom is -0.484 e. The Morgan fingerprint density at radius 1 is 1.12 bits per heavy atom. The fourth-order valence-electron chi connectivity index (χ4n) is 2.69. The summed E-state index contributed by atoms with van der Waals surface area (Å²) in [6.45, 7) is 1.34. The van der Waals surface area contributed by atoms with Crippen LogP contribution in [0.25, 0.3) is 0 Å². The molecule has 1 fully saturated rings. The van der Waals surface area contributed by atoms with Gasteiger partial charge in [0.2, 0.25) is 0 Å². The lowest BCUT2D eigenvalue weighted by Gasteiger charge is -2.32. The van der Waals surface area contributed by atoms with E-state index >= 15 is 0 Å². The molecule has 1 aliphatic heterocycles. The molecule has 0 saturated carbocycles. The third-order valence-electron chi connectivity index (χ3n) is 4.03. The Hall–Kier alpha value is -2.34. The van der Waals surface area contributed by atoms with Crippen molar-refractivity contribution in [2.45, 2.75) is 18.9 Å². The summed E-state index contributed by atoms with van der Waals surface area (Å²) in [4.78, 5) is 26.8. The standard InChI is InChI=1S/C18H20N2O3S/c21-17(13-23-15-5-2-1-3-6-15)20-10-8-14(9-11-20)19-18(22)16-7-4-12-24-16/h1-7,12,14H,8-11,13H2,(H,19,22). The first-order valence-corrected chi connectivity index (χ1v) is 8.90. The van der Waals surface area contributed by atoms with E-state index in [0.29, 0.717) is 18.8 Å². The fourth-order valence-corrected chi connectivity index (χ4v) is 3.32. The van der Waals surface area contributed by atoms with Gasteiger partial charge < -0.3 is 15.0 Å². The predicted octanol–water partition coefficient (Wildman–Crippen LogP) is 2.55. The van der Waals surface area contributed by atoms with Gasteiger partial charge in [-0.1, -0.05) is 24.3 Å². The highest BCUT2D eigenvalue weighted by Gasteiger charge is 2.24.